The first-order chi connectivity index (χ1) is 20.7. The van der Waals surface area contributed by atoms with Gasteiger partial charge in [0.15, 0.2) is 5.76 Å². The Kier molecular flexibility index (Phi) is 9.11. The van der Waals surface area contributed by atoms with E-state index in [1.54, 1.807) is 7.11 Å². The van der Waals surface area contributed by atoms with Crippen LogP contribution in [0.3, 0.4) is 0 Å². The van der Waals surface area contributed by atoms with E-state index >= 15 is 0 Å². The van der Waals surface area contributed by atoms with E-state index in [4.69, 9.17) is 14.0 Å². The Labute approximate surface area is 248 Å². The van der Waals surface area contributed by atoms with Crippen LogP contribution in [0.4, 0.5) is 0 Å². The molecule has 2 aliphatic rings. The molecule has 3 aromatic carbocycles. The number of aryl methyl sites for hydroxylation is 2. The Morgan fingerprint density at radius 3 is 2.29 bits per heavy atom. The lowest BCUT2D eigenvalue weighted by atomic mass is 9.92. The Morgan fingerprint density at radius 1 is 0.905 bits per heavy atom. The molecule has 0 amide bonds. The van der Waals surface area contributed by atoms with E-state index in [0.29, 0.717) is 24.6 Å². The summed E-state index contributed by atoms with van der Waals surface area (Å²) >= 11 is 0. The van der Waals surface area contributed by atoms with Gasteiger partial charge in [-0.05, 0) is 53.3 Å². The monoisotopic (exact) mass is 565 g/mol. The molecule has 1 saturated heterocycles. The molecule has 7 heteroatoms. The van der Waals surface area contributed by atoms with Crippen LogP contribution in [-0.4, -0.2) is 72.6 Å². The van der Waals surface area contributed by atoms with Crippen LogP contribution in [-0.2, 0) is 24.2 Å². The van der Waals surface area contributed by atoms with E-state index in [1.165, 1.54) is 22.3 Å². The van der Waals surface area contributed by atoms with E-state index in [1.807, 2.05) is 42.5 Å². The first kappa shape index (κ1) is 28.4. The highest BCUT2D eigenvalue weighted by Crippen LogP contribution is 2.37. The van der Waals surface area contributed by atoms with Crippen molar-refractivity contribution in [2.75, 3.05) is 46.4 Å². The first-order valence-corrected chi connectivity index (χ1v) is 14.8. The fraction of sp³-hybridized carbons (Fsp3) is 0.343. The van der Waals surface area contributed by atoms with Crippen LogP contribution in [0.1, 0.15) is 45.3 Å². The second-order valence-electron chi connectivity index (χ2n) is 11.1. The fourth-order valence-electron chi connectivity index (χ4n) is 6.17. The van der Waals surface area contributed by atoms with E-state index < -0.39 is 6.10 Å². The summed E-state index contributed by atoms with van der Waals surface area (Å²) < 4.78 is 16.4. The van der Waals surface area contributed by atoms with Gasteiger partial charge in [0.2, 0.25) is 0 Å². The second-order valence-corrected chi connectivity index (χ2v) is 11.1. The summed E-state index contributed by atoms with van der Waals surface area (Å²) in [6, 6.07) is 27.8. The third kappa shape index (κ3) is 6.66. The predicted molar refractivity (Wildman–Crippen MR) is 164 cm³/mol. The lowest BCUT2D eigenvalue weighted by Gasteiger charge is -2.40. The van der Waals surface area contributed by atoms with Gasteiger partial charge in [0.05, 0.1) is 6.04 Å². The van der Waals surface area contributed by atoms with Crippen LogP contribution < -0.4 is 4.74 Å². The van der Waals surface area contributed by atoms with Crippen LogP contribution in [0.15, 0.2) is 83.4 Å². The number of piperazine rings is 1. The normalized spacial score (nSPS) is 17.1. The quantitative estimate of drug-likeness (QED) is 0.282. The number of methoxy groups -OCH3 is 1. The molecule has 1 aliphatic heterocycles. The zero-order valence-electron chi connectivity index (χ0n) is 24.2. The molecule has 1 aliphatic carbocycles. The summed E-state index contributed by atoms with van der Waals surface area (Å²) in [4.78, 5) is 4.98. The van der Waals surface area contributed by atoms with Crippen molar-refractivity contribution in [3.8, 4) is 5.75 Å². The number of ether oxygens (including phenoxy) is 2. The number of para-hydroxylation sites is 1. The van der Waals surface area contributed by atoms with Gasteiger partial charge in [0.25, 0.3) is 0 Å². The number of hydrogen-bond acceptors (Lipinski definition) is 7. The number of fused-ring (bicyclic) bond motifs is 2. The van der Waals surface area contributed by atoms with Crippen molar-refractivity contribution in [3.63, 3.8) is 0 Å². The molecule has 7 nitrogen and oxygen atoms in total. The van der Waals surface area contributed by atoms with Crippen LogP contribution in [0.5, 0.6) is 5.75 Å². The Morgan fingerprint density at radius 2 is 1.57 bits per heavy atom. The van der Waals surface area contributed by atoms with Gasteiger partial charge < -0.3 is 19.1 Å². The van der Waals surface area contributed by atoms with E-state index in [0.717, 1.165) is 50.3 Å². The minimum absolute atomic E-state index is 0.233. The molecule has 1 fully saturated rings. The molecule has 42 heavy (non-hydrogen) atoms. The summed E-state index contributed by atoms with van der Waals surface area (Å²) in [5.74, 6) is 1.40. The van der Waals surface area contributed by atoms with Crippen molar-refractivity contribution >= 4 is 12.2 Å². The molecular weight excluding hydrogens is 526 g/mol. The summed E-state index contributed by atoms with van der Waals surface area (Å²) in [5.41, 5.74) is 7.43. The van der Waals surface area contributed by atoms with Crippen molar-refractivity contribution in [1.29, 1.82) is 0 Å². The van der Waals surface area contributed by atoms with Crippen molar-refractivity contribution in [2.45, 2.75) is 31.6 Å². The fourth-order valence-corrected chi connectivity index (χ4v) is 6.17. The number of benzene rings is 3. The highest BCUT2D eigenvalue weighted by Gasteiger charge is 2.31. The van der Waals surface area contributed by atoms with Crippen molar-refractivity contribution < 1.29 is 19.1 Å². The van der Waals surface area contributed by atoms with Crippen LogP contribution in [0, 0.1) is 0 Å². The van der Waals surface area contributed by atoms with Gasteiger partial charge >= 0.3 is 0 Å². The molecule has 1 unspecified atom stereocenters. The van der Waals surface area contributed by atoms with Crippen LogP contribution in [0.25, 0.3) is 12.2 Å². The van der Waals surface area contributed by atoms with Gasteiger partial charge in [0.1, 0.15) is 30.8 Å². The molecule has 1 aromatic heterocycles. The largest absolute Gasteiger partial charge is 0.490 e. The molecule has 0 bridgehead atoms. The Hall–Kier alpha value is -3.75. The van der Waals surface area contributed by atoms with E-state index in [-0.39, 0.29) is 12.6 Å². The van der Waals surface area contributed by atoms with Crippen molar-refractivity contribution in [2.24, 2.45) is 0 Å². The van der Waals surface area contributed by atoms with Crippen molar-refractivity contribution in [3.05, 3.63) is 118 Å². The highest BCUT2D eigenvalue weighted by atomic mass is 16.5. The van der Waals surface area contributed by atoms with Gasteiger partial charge in [-0.2, -0.15) is 0 Å². The van der Waals surface area contributed by atoms with Gasteiger partial charge in [-0.25, -0.2) is 0 Å². The lowest BCUT2D eigenvalue weighted by Crippen LogP contribution is -2.50. The van der Waals surface area contributed by atoms with Crippen LogP contribution >= 0.6 is 0 Å². The topological polar surface area (TPSA) is 71.2 Å². The molecule has 6 rings (SSSR count). The van der Waals surface area contributed by atoms with Gasteiger partial charge in [-0.15, -0.1) is 0 Å². The summed E-state index contributed by atoms with van der Waals surface area (Å²) in [6.07, 6.45) is 5.42. The highest BCUT2D eigenvalue weighted by molar-refractivity contribution is 5.71. The molecule has 2 heterocycles. The summed E-state index contributed by atoms with van der Waals surface area (Å²) in [5, 5.41) is 14.9. The number of nitrogens with zero attached hydrogens (tertiary/aromatic N) is 3. The average Bonchev–Trinajstić information content (AvgIpc) is 3.40. The standard InChI is InChI=1S/C35H39N3O4/c1-40-25-31-22-29(36-42-31)17-16-28-10-4-7-13-34(28)41-24-30(39)23-37-18-20-38(21-19-37)35-32-11-5-2-8-26(32)14-15-27-9-3-6-12-33(27)35/h2-13,16-17,22,30,35,39H,14-15,18-21,23-25H2,1H3. The van der Waals surface area contributed by atoms with Crippen molar-refractivity contribution in [1.82, 2.24) is 15.0 Å². The number of β-amino-alcohol motifs (C(OH)–C–C–N with tert-alkyl or cyclic N) is 1. The zero-order valence-corrected chi connectivity index (χ0v) is 24.2. The maximum Gasteiger partial charge on any atom is 0.162 e. The minimum Gasteiger partial charge on any atom is -0.490 e. The van der Waals surface area contributed by atoms with Gasteiger partial charge in [-0.1, -0.05) is 71.9 Å². The summed E-state index contributed by atoms with van der Waals surface area (Å²) in [6.45, 7) is 4.96. The number of aliphatic hydroxyl groups excluding tert-OH is 1. The summed E-state index contributed by atoms with van der Waals surface area (Å²) in [7, 11) is 1.62. The molecule has 0 spiro atoms. The second kappa shape index (κ2) is 13.5. The number of hydrogen-bond donors (Lipinski definition) is 1. The third-order valence-corrected chi connectivity index (χ3v) is 8.25. The maximum atomic E-state index is 10.9. The lowest BCUT2D eigenvalue weighted by molar-refractivity contribution is 0.0400. The SMILES string of the molecule is COCc1cc(C=Cc2ccccc2OCC(O)CN2CCN(C3c4ccccc4CCc4ccccc43)CC2)no1. The van der Waals surface area contributed by atoms with Crippen LogP contribution in [0.2, 0.25) is 0 Å². The number of aromatic nitrogens is 1. The molecule has 218 valence electrons. The molecule has 0 saturated carbocycles. The molecule has 4 aromatic rings. The average molecular weight is 566 g/mol. The Balaban J connectivity index is 1.04. The molecule has 1 N–H and O–H groups in total. The Bertz CT molecular complexity index is 1440. The zero-order chi connectivity index (χ0) is 28.7. The maximum absolute atomic E-state index is 10.9. The van der Waals surface area contributed by atoms with Gasteiger partial charge in [0, 0.05) is 51.5 Å². The smallest absolute Gasteiger partial charge is 0.162 e. The van der Waals surface area contributed by atoms with E-state index in [9.17, 15) is 5.11 Å². The predicted octanol–water partition coefficient (Wildman–Crippen LogP) is 5.24. The van der Waals surface area contributed by atoms with Gasteiger partial charge in [-0.3, -0.25) is 9.80 Å². The molecule has 1 atom stereocenters. The van der Waals surface area contributed by atoms with E-state index in [2.05, 4.69) is 63.5 Å². The first-order valence-electron chi connectivity index (χ1n) is 14.8. The third-order valence-electron chi connectivity index (χ3n) is 8.25. The number of aliphatic hydroxyl groups is 1. The minimum atomic E-state index is -0.583. The molecular formula is C35H39N3O4. The number of rotatable bonds is 10. The molecule has 0 radical (unpaired) electrons.